The van der Waals surface area contributed by atoms with Crippen molar-refractivity contribution in [2.24, 2.45) is 0 Å². The number of anilines is 1. The lowest BCUT2D eigenvalue weighted by atomic mass is 10.0. The number of ether oxygens (including phenoxy) is 1. The van der Waals surface area contributed by atoms with Gasteiger partial charge >= 0.3 is 18.2 Å². The molecule has 0 radical (unpaired) electrons. The minimum absolute atomic E-state index is 0.183. The molecule has 1 heterocycles. The van der Waals surface area contributed by atoms with Crippen LogP contribution >= 0.6 is 23.2 Å². The number of alkyl halides is 3. The molecule has 5 rings (SSSR count). The standard InChI is InChI=1S/C36H29Cl2F3N4O3/c1-44(22-34(46)48-2)35(47)42-29-14-8-24(9-15-29)20-45-21-32(30-16-13-28(37)19-31(30)38)43-33(45)17-10-23-6-11-25(12-7-23)26-4-3-5-27(18-26)36(39,40)41/h3-19,21H,20,22H2,1-2H3,(H,42,47). The van der Waals surface area contributed by atoms with E-state index in [0.29, 0.717) is 50.5 Å². The number of amides is 2. The quantitative estimate of drug-likeness (QED) is 0.156. The molecule has 12 heteroatoms. The van der Waals surface area contributed by atoms with Crippen LogP contribution in [0.2, 0.25) is 10.0 Å². The van der Waals surface area contributed by atoms with Gasteiger partial charge in [-0.2, -0.15) is 13.2 Å². The molecule has 7 nitrogen and oxygen atoms in total. The third kappa shape index (κ3) is 8.64. The average Bonchev–Trinajstić information content (AvgIpc) is 3.46. The van der Waals surface area contributed by atoms with Gasteiger partial charge in [0.2, 0.25) is 0 Å². The molecule has 0 aliphatic rings. The zero-order valence-corrected chi connectivity index (χ0v) is 27.3. The molecule has 0 saturated carbocycles. The monoisotopic (exact) mass is 692 g/mol. The Bertz CT molecular complexity index is 1960. The first-order valence-electron chi connectivity index (χ1n) is 14.6. The minimum Gasteiger partial charge on any atom is -0.468 e. The molecule has 4 aromatic carbocycles. The Morgan fingerprint density at radius 1 is 0.938 bits per heavy atom. The fourth-order valence-electron chi connectivity index (χ4n) is 4.79. The van der Waals surface area contributed by atoms with Gasteiger partial charge < -0.3 is 19.5 Å². The van der Waals surface area contributed by atoms with Gasteiger partial charge in [0.25, 0.3) is 0 Å². The van der Waals surface area contributed by atoms with E-state index in [2.05, 4.69) is 10.1 Å². The Hall–Kier alpha value is -5.06. The molecule has 48 heavy (non-hydrogen) atoms. The van der Waals surface area contributed by atoms with Crippen molar-refractivity contribution < 1.29 is 27.5 Å². The van der Waals surface area contributed by atoms with Crippen molar-refractivity contribution in [1.29, 1.82) is 0 Å². The van der Waals surface area contributed by atoms with Crippen LogP contribution in [0.25, 0.3) is 34.5 Å². The van der Waals surface area contributed by atoms with Crippen molar-refractivity contribution in [1.82, 2.24) is 14.5 Å². The van der Waals surface area contributed by atoms with Gasteiger partial charge in [-0.25, -0.2) is 9.78 Å². The molecule has 246 valence electrons. The number of halogens is 5. The van der Waals surface area contributed by atoms with Gasteiger partial charge in [-0.05, 0) is 70.8 Å². The van der Waals surface area contributed by atoms with Crippen LogP contribution in [0.4, 0.5) is 23.7 Å². The zero-order chi connectivity index (χ0) is 34.4. The van der Waals surface area contributed by atoms with Gasteiger partial charge in [0.1, 0.15) is 12.4 Å². The second-order valence-electron chi connectivity index (χ2n) is 10.8. The molecular weight excluding hydrogens is 664 g/mol. The number of esters is 1. The fraction of sp³-hybridized carbons (Fsp3) is 0.139. The highest BCUT2D eigenvalue weighted by Crippen LogP contribution is 2.33. The van der Waals surface area contributed by atoms with Gasteiger partial charge in [0.15, 0.2) is 0 Å². The summed E-state index contributed by atoms with van der Waals surface area (Å²) in [6.45, 7) is 0.250. The number of nitrogens with zero attached hydrogens (tertiary/aromatic N) is 3. The number of methoxy groups -OCH3 is 1. The highest BCUT2D eigenvalue weighted by atomic mass is 35.5. The van der Waals surface area contributed by atoms with Crippen LogP contribution < -0.4 is 5.32 Å². The highest BCUT2D eigenvalue weighted by molar-refractivity contribution is 6.36. The summed E-state index contributed by atoms with van der Waals surface area (Å²) in [5.41, 5.74) is 4.06. The predicted molar refractivity (Wildman–Crippen MR) is 183 cm³/mol. The Balaban J connectivity index is 1.37. The normalized spacial score (nSPS) is 11.5. The Morgan fingerprint density at radius 2 is 1.67 bits per heavy atom. The third-order valence-corrected chi connectivity index (χ3v) is 7.92. The van der Waals surface area contributed by atoms with E-state index in [9.17, 15) is 22.8 Å². The molecule has 0 unspecified atom stereocenters. The molecule has 2 amide bonds. The molecule has 0 spiro atoms. The van der Waals surface area contributed by atoms with Crippen molar-refractivity contribution in [3.8, 4) is 22.4 Å². The van der Waals surface area contributed by atoms with Crippen molar-refractivity contribution in [3.05, 3.63) is 130 Å². The smallest absolute Gasteiger partial charge is 0.416 e. The van der Waals surface area contributed by atoms with E-state index in [0.717, 1.165) is 23.3 Å². The van der Waals surface area contributed by atoms with Gasteiger partial charge in [0.05, 0.1) is 23.4 Å². The Labute approximate surface area is 285 Å². The first-order valence-corrected chi connectivity index (χ1v) is 15.3. The highest BCUT2D eigenvalue weighted by Gasteiger charge is 2.30. The van der Waals surface area contributed by atoms with Crippen molar-refractivity contribution in [2.75, 3.05) is 26.0 Å². The van der Waals surface area contributed by atoms with E-state index in [4.69, 9.17) is 28.2 Å². The maximum Gasteiger partial charge on any atom is 0.416 e. The van der Waals surface area contributed by atoms with Crippen LogP contribution in [0.5, 0.6) is 0 Å². The number of nitrogens with one attached hydrogen (secondary N) is 1. The number of benzene rings is 4. The number of carbonyl (C=O) groups is 2. The largest absolute Gasteiger partial charge is 0.468 e. The topological polar surface area (TPSA) is 76.5 Å². The molecule has 0 saturated heterocycles. The molecule has 0 bridgehead atoms. The van der Waals surface area contributed by atoms with Crippen LogP contribution in [0.15, 0.2) is 97.2 Å². The number of hydrogen-bond acceptors (Lipinski definition) is 4. The van der Waals surface area contributed by atoms with Gasteiger partial charge in [-0.15, -0.1) is 0 Å². The summed E-state index contributed by atoms with van der Waals surface area (Å²) in [6.07, 6.45) is 1.17. The number of carbonyl (C=O) groups excluding carboxylic acids is 2. The minimum atomic E-state index is -4.42. The lowest BCUT2D eigenvalue weighted by Gasteiger charge is -2.16. The molecule has 1 N–H and O–H groups in total. The number of imidazole rings is 1. The third-order valence-electron chi connectivity index (χ3n) is 7.37. The summed E-state index contributed by atoms with van der Waals surface area (Å²) in [4.78, 5) is 30.0. The van der Waals surface area contributed by atoms with E-state index < -0.39 is 23.7 Å². The first-order chi connectivity index (χ1) is 22.9. The second kappa shape index (κ2) is 14.8. The lowest BCUT2D eigenvalue weighted by molar-refractivity contribution is -0.141. The fourth-order valence-corrected chi connectivity index (χ4v) is 5.29. The molecular formula is C36H29Cl2F3N4O3. The van der Waals surface area contributed by atoms with E-state index in [1.165, 1.54) is 25.1 Å². The lowest BCUT2D eigenvalue weighted by Crippen LogP contribution is -2.35. The van der Waals surface area contributed by atoms with Crippen LogP contribution in [0.3, 0.4) is 0 Å². The van der Waals surface area contributed by atoms with Crippen molar-refractivity contribution in [3.63, 3.8) is 0 Å². The average molecular weight is 694 g/mol. The molecule has 0 atom stereocenters. The SMILES string of the molecule is COC(=O)CN(C)C(=O)Nc1ccc(Cn2cc(-c3ccc(Cl)cc3Cl)nc2C=Cc2ccc(-c3cccc(C(F)(F)F)c3)cc2)cc1. The summed E-state index contributed by atoms with van der Waals surface area (Å²) < 4.78 is 46.2. The van der Waals surface area contributed by atoms with Crippen molar-refractivity contribution in [2.45, 2.75) is 12.7 Å². The maximum atomic E-state index is 13.2. The molecule has 0 aliphatic heterocycles. The van der Waals surface area contributed by atoms with Gasteiger partial charge in [-0.3, -0.25) is 4.79 Å². The van der Waals surface area contributed by atoms with Crippen molar-refractivity contribution >= 4 is 53.0 Å². The Morgan fingerprint density at radius 3 is 2.33 bits per heavy atom. The first kappa shape index (κ1) is 34.3. The summed E-state index contributed by atoms with van der Waals surface area (Å²) in [5.74, 6) is 0.0966. The summed E-state index contributed by atoms with van der Waals surface area (Å²) >= 11 is 12.6. The predicted octanol–water partition coefficient (Wildman–Crippen LogP) is 9.40. The van der Waals surface area contributed by atoms with E-state index in [-0.39, 0.29) is 6.54 Å². The maximum absolute atomic E-state index is 13.2. The summed E-state index contributed by atoms with van der Waals surface area (Å²) in [5, 5.41) is 3.70. The summed E-state index contributed by atoms with van der Waals surface area (Å²) in [7, 11) is 2.75. The van der Waals surface area contributed by atoms with E-state index >= 15 is 0 Å². The Kier molecular flexibility index (Phi) is 10.6. The molecule has 0 aliphatic carbocycles. The van der Waals surface area contributed by atoms with Gasteiger partial charge in [-0.1, -0.05) is 77.8 Å². The van der Waals surface area contributed by atoms with E-state index in [1.54, 1.807) is 48.5 Å². The van der Waals surface area contributed by atoms with Gasteiger partial charge in [0, 0.05) is 36.1 Å². The van der Waals surface area contributed by atoms with Crippen LogP contribution in [-0.4, -0.2) is 47.2 Å². The molecule has 1 aromatic heterocycles. The number of hydrogen-bond donors (Lipinski definition) is 1. The van der Waals surface area contributed by atoms with Crippen LogP contribution in [0.1, 0.15) is 22.5 Å². The number of aromatic nitrogens is 2. The van der Waals surface area contributed by atoms with Crippen LogP contribution in [0, 0.1) is 0 Å². The molecule has 0 fully saturated rings. The van der Waals surface area contributed by atoms with E-state index in [1.807, 2.05) is 47.2 Å². The number of likely N-dealkylation sites (N-methyl/N-ethyl adjacent to an activating group) is 1. The molecule has 5 aromatic rings. The summed E-state index contributed by atoms with van der Waals surface area (Å²) in [6, 6.07) is 24.4. The number of rotatable bonds is 9. The number of urea groups is 1. The van der Waals surface area contributed by atoms with Crippen LogP contribution in [-0.2, 0) is 22.3 Å². The second-order valence-corrected chi connectivity index (χ2v) is 11.7. The zero-order valence-electron chi connectivity index (χ0n) is 25.8.